The Kier molecular flexibility index (Phi) is 11.0. The van der Waals surface area contributed by atoms with Gasteiger partial charge < -0.3 is 75.5 Å². The summed E-state index contributed by atoms with van der Waals surface area (Å²) in [4.78, 5) is 0. The Morgan fingerprint density at radius 3 is 0.895 bits per heavy atom. The lowest BCUT2D eigenvalue weighted by atomic mass is 9.99. The first-order chi connectivity index (χ1) is 17.8. The Morgan fingerprint density at radius 2 is 0.684 bits per heavy atom. The summed E-state index contributed by atoms with van der Waals surface area (Å²) in [6, 6.07) is 0. The molecule has 0 radical (unpaired) electrons. The predicted molar refractivity (Wildman–Crippen MR) is 112 cm³/mol. The molecule has 12 N–H and O–H groups in total. The zero-order chi connectivity index (χ0) is 28.5. The number of phosphoric acid groups is 1. The van der Waals surface area contributed by atoms with Crippen LogP contribution in [0.25, 0.3) is 0 Å². The minimum absolute atomic E-state index is 0.920. The largest absolute Gasteiger partial charge is 0.482 e. The summed E-state index contributed by atoms with van der Waals surface area (Å²) in [5.41, 5.74) is 0. The van der Waals surface area contributed by atoms with E-state index in [2.05, 4.69) is 0 Å². The van der Waals surface area contributed by atoms with Gasteiger partial charge in [0.15, 0.2) is 18.9 Å². The first-order valence-corrected chi connectivity index (χ1v) is 12.8. The lowest BCUT2D eigenvalue weighted by Gasteiger charge is -2.44. The highest BCUT2D eigenvalue weighted by Gasteiger charge is 2.54. The summed E-state index contributed by atoms with van der Waals surface area (Å²) in [5.74, 6) is 0. The van der Waals surface area contributed by atoms with Gasteiger partial charge in [0, 0.05) is 0 Å². The average Bonchev–Trinajstić information content (AvgIpc) is 2.89. The van der Waals surface area contributed by atoms with Gasteiger partial charge in [0.2, 0.25) is 0 Å². The highest BCUT2D eigenvalue weighted by atomic mass is 31.2. The maximum absolute atomic E-state index is 13.7. The molecule has 38 heavy (non-hydrogen) atoms. The maximum atomic E-state index is 13.7. The fourth-order valence-electron chi connectivity index (χ4n) is 3.92. The molecule has 224 valence electrons. The van der Waals surface area contributed by atoms with Gasteiger partial charge in [-0.25, -0.2) is 4.57 Å². The van der Waals surface area contributed by atoms with E-state index in [-0.39, 0.29) is 0 Å². The van der Waals surface area contributed by atoms with Gasteiger partial charge in [-0.05, 0) is 0 Å². The second-order valence-electron chi connectivity index (χ2n) is 8.86. The minimum Gasteiger partial charge on any atom is -0.394 e. The molecule has 0 bridgehead atoms. The number of phosphoric ester groups is 1. The second-order valence-corrected chi connectivity index (χ2v) is 10.4. The first-order valence-electron chi connectivity index (χ1n) is 11.3. The van der Waals surface area contributed by atoms with Crippen molar-refractivity contribution in [3.8, 4) is 0 Å². The van der Waals surface area contributed by atoms with Gasteiger partial charge in [0.25, 0.3) is 0 Å². The van der Waals surface area contributed by atoms with Gasteiger partial charge in [0.05, 0.1) is 19.8 Å². The van der Waals surface area contributed by atoms with Crippen molar-refractivity contribution in [1.82, 2.24) is 0 Å². The fourth-order valence-corrected chi connectivity index (χ4v) is 5.36. The zero-order valence-electron chi connectivity index (χ0n) is 19.5. The predicted octanol–water partition coefficient (Wildman–Crippen LogP) is -7.46. The first kappa shape index (κ1) is 32.0. The molecule has 3 heterocycles. The Balaban J connectivity index is 1.91. The van der Waals surface area contributed by atoms with Crippen LogP contribution in [0.4, 0.5) is 0 Å². The lowest BCUT2D eigenvalue weighted by molar-refractivity contribution is -0.311. The van der Waals surface area contributed by atoms with E-state index in [1.807, 2.05) is 0 Å². The van der Waals surface area contributed by atoms with Gasteiger partial charge in [-0.1, -0.05) is 0 Å². The summed E-state index contributed by atoms with van der Waals surface area (Å²) >= 11 is 0. The molecule has 0 aliphatic carbocycles. The lowest BCUT2D eigenvalue weighted by Crippen LogP contribution is -2.60. The third-order valence-electron chi connectivity index (χ3n) is 6.24. The molecular formula is C18H33O19P. The van der Waals surface area contributed by atoms with Gasteiger partial charge in [0.1, 0.15) is 73.2 Å². The Hall–Kier alpha value is -0.490. The van der Waals surface area contributed by atoms with Crippen LogP contribution in [0.2, 0.25) is 0 Å². The van der Waals surface area contributed by atoms with E-state index < -0.39 is 120 Å². The van der Waals surface area contributed by atoms with E-state index in [0.717, 1.165) is 0 Å². The van der Waals surface area contributed by atoms with E-state index in [4.69, 9.17) is 27.8 Å². The van der Waals surface area contributed by atoms with E-state index >= 15 is 0 Å². The number of aliphatic hydroxyl groups is 12. The standard InChI is InChI=1S/C18H33O19P/c19-1-4-7(22)10(25)13(28)16(32-4)35-38(31,36-17-14(29)11(26)8(23)5(2-20)33-17)37-18-15(30)12(27)9(24)6(3-21)34-18/h4-30H,1-3H2/t4-,5-,6-,7-,8-,9-,10-,11-,12-,13+,14+,15+,16-,17-,18-/m1/s1. The van der Waals surface area contributed by atoms with Crippen molar-refractivity contribution in [2.75, 3.05) is 19.8 Å². The van der Waals surface area contributed by atoms with Crippen LogP contribution in [0.15, 0.2) is 0 Å². The molecule has 15 atom stereocenters. The zero-order valence-corrected chi connectivity index (χ0v) is 20.3. The molecule has 3 aliphatic heterocycles. The molecule has 0 amide bonds. The summed E-state index contributed by atoms with van der Waals surface area (Å²) in [6.45, 7) is -2.76. The van der Waals surface area contributed by atoms with Crippen LogP contribution < -0.4 is 0 Å². The van der Waals surface area contributed by atoms with Crippen molar-refractivity contribution >= 4 is 7.82 Å². The molecule has 0 aromatic heterocycles. The van der Waals surface area contributed by atoms with Crippen LogP contribution in [0.1, 0.15) is 0 Å². The molecular weight excluding hydrogens is 551 g/mol. The van der Waals surface area contributed by atoms with E-state index in [9.17, 15) is 65.8 Å². The second kappa shape index (κ2) is 13.0. The molecule has 0 aromatic carbocycles. The van der Waals surface area contributed by atoms with Crippen LogP contribution in [-0.4, -0.2) is 173 Å². The van der Waals surface area contributed by atoms with Crippen LogP contribution in [0, 0.1) is 0 Å². The summed E-state index contributed by atoms with van der Waals surface area (Å²) in [7, 11) is -5.46. The van der Waals surface area contributed by atoms with Crippen LogP contribution in [0.3, 0.4) is 0 Å². The molecule has 0 spiro atoms. The monoisotopic (exact) mass is 584 g/mol. The number of ether oxygens (including phenoxy) is 3. The minimum atomic E-state index is -5.46. The Labute approximate surface area is 214 Å². The number of aliphatic hydroxyl groups excluding tert-OH is 12. The summed E-state index contributed by atoms with van der Waals surface area (Å²) in [6.07, 6.45) is -29.5. The Bertz CT molecular complexity index is 700. The van der Waals surface area contributed by atoms with Crippen molar-refractivity contribution in [2.24, 2.45) is 0 Å². The molecule has 3 saturated heterocycles. The van der Waals surface area contributed by atoms with E-state index in [1.165, 1.54) is 0 Å². The molecule has 19 nitrogen and oxygen atoms in total. The van der Waals surface area contributed by atoms with Crippen molar-refractivity contribution < 1.29 is 93.6 Å². The van der Waals surface area contributed by atoms with Crippen molar-refractivity contribution in [1.29, 1.82) is 0 Å². The SMILES string of the molecule is O=P(O[C@H]1O[C@H](CO)[C@@H](O)[C@@H](O)[C@@H]1O)(O[C@H]1O[C@H](CO)[C@@H](O)[C@@H](O)[C@@H]1O)O[C@H]1O[C@H](CO)[C@@H](O)[C@@H](O)[C@@H]1O. The number of hydrogen-bond donors (Lipinski definition) is 12. The van der Waals surface area contributed by atoms with Crippen LogP contribution >= 0.6 is 7.82 Å². The molecule has 3 rings (SSSR count). The topological polar surface area (TPSA) is 315 Å². The van der Waals surface area contributed by atoms with Gasteiger partial charge in [-0.15, -0.1) is 0 Å². The van der Waals surface area contributed by atoms with Crippen LogP contribution in [-0.2, 0) is 32.3 Å². The van der Waals surface area contributed by atoms with Gasteiger partial charge in [-0.2, -0.15) is 0 Å². The average molecular weight is 584 g/mol. The highest BCUT2D eigenvalue weighted by molar-refractivity contribution is 7.48. The van der Waals surface area contributed by atoms with Crippen molar-refractivity contribution in [3.63, 3.8) is 0 Å². The van der Waals surface area contributed by atoms with Crippen molar-refractivity contribution in [3.05, 3.63) is 0 Å². The van der Waals surface area contributed by atoms with E-state index in [0.29, 0.717) is 0 Å². The smallest absolute Gasteiger partial charge is 0.394 e. The van der Waals surface area contributed by atoms with Crippen LogP contribution in [0.5, 0.6) is 0 Å². The molecule has 3 fully saturated rings. The molecule has 20 heteroatoms. The quantitative estimate of drug-likeness (QED) is 0.112. The van der Waals surface area contributed by atoms with Crippen molar-refractivity contribution in [2.45, 2.75) is 92.1 Å². The summed E-state index contributed by atoms with van der Waals surface area (Å²) < 4.78 is 44.2. The molecule has 0 unspecified atom stereocenters. The number of hydrogen-bond acceptors (Lipinski definition) is 19. The van der Waals surface area contributed by atoms with Gasteiger partial charge >= 0.3 is 7.82 Å². The number of rotatable bonds is 9. The molecule has 0 aromatic rings. The highest BCUT2D eigenvalue weighted by Crippen LogP contribution is 2.56. The molecule has 3 aliphatic rings. The Morgan fingerprint density at radius 1 is 0.447 bits per heavy atom. The van der Waals surface area contributed by atoms with E-state index in [1.54, 1.807) is 0 Å². The fraction of sp³-hybridized carbons (Fsp3) is 1.00. The summed E-state index contributed by atoms with van der Waals surface area (Å²) in [5, 5.41) is 119. The third kappa shape index (κ3) is 6.52. The maximum Gasteiger partial charge on any atom is 0.482 e. The normalized spacial score (nSPS) is 48.7. The van der Waals surface area contributed by atoms with Gasteiger partial charge in [-0.3, -0.25) is 13.6 Å². The molecule has 0 saturated carbocycles. The third-order valence-corrected chi connectivity index (χ3v) is 7.64.